The highest BCUT2D eigenvalue weighted by atomic mass is 16.5. The van der Waals surface area contributed by atoms with Crippen molar-refractivity contribution in [2.45, 2.75) is 31.0 Å². The molecule has 0 aromatic heterocycles. The quantitative estimate of drug-likeness (QED) is 0.659. The molecule has 3 nitrogen and oxygen atoms in total. The van der Waals surface area contributed by atoms with Gasteiger partial charge in [0.15, 0.2) is 0 Å². The van der Waals surface area contributed by atoms with Crippen molar-refractivity contribution < 1.29 is 9.47 Å². The van der Waals surface area contributed by atoms with Crippen LogP contribution in [0.3, 0.4) is 0 Å². The highest BCUT2D eigenvalue weighted by Crippen LogP contribution is 2.47. The van der Waals surface area contributed by atoms with E-state index in [1.54, 1.807) is 7.11 Å². The van der Waals surface area contributed by atoms with Gasteiger partial charge in [0.2, 0.25) is 0 Å². The third-order valence-electron chi connectivity index (χ3n) is 3.41. The zero-order valence-electron chi connectivity index (χ0n) is 7.58. The largest absolute Gasteiger partial charge is 0.378 e. The van der Waals surface area contributed by atoms with E-state index in [9.17, 15) is 0 Å². The van der Waals surface area contributed by atoms with Crippen LogP contribution in [0, 0.1) is 5.92 Å². The Morgan fingerprint density at radius 2 is 2.50 bits per heavy atom. The van der Waals surface area contributed by atoms with Crippen molar-refractivity contribution in [3.8, 4) is 0 Å². The van der Waals surface area contributed by atoms with Crippen LogP contribution >= 0.6 is 0 Å². The molecule has 70 valence electrons. The fraction of sp³-hybridized carbons (Fsp3) is 1.00. The number of hydrogen-bond donors (Lipinski definition) is 1. The molecule has 0 radical (unpaired) electrons. The summed E-state index contributed by atoms with van der Waals surface area (Å²) >= 11 is 0. The molecule has 2 fully saturated rings. The predicted molar refractivity (Wildman–Crippen MR) is 45.9 cm³/mol. The molecule has 2 N–H and O–H groups in total. The highest BCUT2D eigenvalue weighted by molar-refractivity contribution is 5.06. The Bertz CT molecular complexity index is 168. The first-order valence-electron chi connectivity index (χ1n) is 4.69. The minimum Gasteiger partial charge on any atom is -0.378 e. The van der Waals surface area contributed by atoms with Gasteiger partial charge in [0.25, 0.3) is 0 Å². The molecule has 1 aliphatic heterocycles. The summed E-state index contributed by atoms with van der Waals surface area (Å²) in [6, 6.07) is 0. The Labute approximate surface area is 73.2 Å². The number of hydrogen-bond acceptors (Lipinski definition) is 3. The van der Waals surface area contributed by atoms with E-state index in [1.165, 1.54) is 6.42 Å². The van der Waals surface area contributed by atoms with Gasteiger partial charge < -0.3 is 15.2 Å². The molecule has 1 unspecified atom stereocenters. The van der Waals surface area contributed by atoms with E-state index in [1.807, 2.05) is 0 Å². The van der Waals surface area contributed by atoms with Crippen molar-refractivity contribution in [2.75, 3.05) is 20.3 Å². The molecule has 0 amide bonds. The number of rotatable bonds is 2. The summed E-state index contributed by atoms with van der Waals surface area (Å²) in [5.41, 5.74) is 5.66. The molecular weight excluding hydrogens is 154 g/mol. The fourth-order valence-electron chi connectivity index (χ4n) is 2.53. The monoisotopic (exact) mass is 171 g/mol. The number of ether oxygens (including phenoxy) is 2. The second-order valence-electron chi connectivity index (χ2n) is 3.84. The minimum atomic E-state index is -0.0505. The van der Waals surface area contributed by atoms with Crippen LogP contribution in [-0.4, -0.2) is 32.0 Å². The lowest BCUT2D eigenvalue weighted by Crippen LogP contribution is -2.64. The van der Waals surface area contributed by atoms with Crippen molar-refractivity contribution in [3.63, 3.8) is 0 Å². The van der Waals surface area contributed by atoms with Crippen molar-refractivity contribution >= 4 is 0 Å². The summed E-state index contributed by atoms with van der Waals surface area (Å²) in [6.07, 6.45) is 3.80. The minimum absolute atomic E-state index is 0.0505. The van der Waals surface area contributed by atoms with Crippen LogP contribution in [-0.2, 0) is 9.47 Å². The molecule has 0 aromatic rings. The smallest absolute Gasteiger partial charge is 0.0877 e. The van der Waals surface area contributed by atoms with Crippen LogP contribution in [0.2, 0.25) is 0 Å². The van der Waals surface area contributed by atoms with E-state index in [4.69, 9.17) is 15.2 Å². The second kappa shape index (κ2) is 2.98. The predicted octanol–water partition coefficient (Wildman–Crippen LogP) is 0.529. The van der Waals surface area contributed by atoms with Gasteiger partial charge in [0.1, 0.15) is 0 Å². The Hall–Kier alpha value is -0.120. The fourth-order valence-corrected chi connectivity index (χ4v) is 2.53. The van der Waals surface area contributed by atoms with Gasteiger partial charge in [-0.3, -0.25) is 0 Å². The third-order valence-corrected chi connectivity index (χ3v) is 3.41. The van der Waals surface area contributed by atoms with Gasteiger partial charge in [-0.05, 0) is 12.8 Å². The molecule has 1 heterocycles. The second-order valence-corrected chi connectivity index (χ2v) is 3.84. The van der Waals surface area contributed by atoms with Gasteiger partial charge in [-0.1, -0.05) is 0 Å². The summed E-state index contributed by atoms with van der Waals surface area (Å²) in [7, 11) is 1.76. The van der Waals surface area contributed by atoms with Gasteiger partial charge in [0, 0.05) is 32.6 Å². The SMILES string of the molecule is COC1(CN)C[C@@H]2OCCC[C@@H]21. The molecule has 3 heteroatoms. The summed E-state index contributed by atoms with van der Waals surface area (Å²) in [6.45, 7) is 1.56. The van der Waals surface area contributed by atoms with Gasteiger partial charge in [-0.15, -0.1) is 0 Å². The third kappa shape index (κ3) is 1.00. The molecule has 0 bridgehead atoms. The Morgan fingerprint density at radius 3 is 3.08 bits per heavy atom. The Balaban J connectivity index is 2.02. The van der Waals surface area contributed by atoms with E-state index in [0.717, 1.165) is 19.4 Å². The van der Waals surface area contributed by atoms with E-state index >= 15 is 0 Å². The van der Waals surface area contributed by atoms with Crippen molar-refractivity contribution in [2.24, 2.45) is 11.7 Å². The van der Waals surface area contributed by atoms with Gasteiger partial charge in [-0.25, -0.2) is 0 Å². The van der Waals surface area contributed by atoms with E-state index in [0.29, 0.717) is 18.6 Å². The molecule has 12 heavy (non-hydrogen) atoms. The van der Waals surface area contributed by atoms with Crippen LogP contribution in [0.5, 0.6) is 0 Å². The van der Waals surface area contributed by atoms with E-state index in [-0.39, 0.29) is 5.60 Å². The number of methoxy groups -OCH3 is 1. The number of nitrogens with two attached hydrogens (primary N) is 1. The summed E-state index contributed by atoms with van der Waals surface area (Å²) in [5.74, 6) is 0.557. The van der Waals surface area contributed by atoms with E-state index < -0.39 is 0 Å². The van der Waals surface area contributed by atoms with Gasteiger partial charge in [-0.2, -0.15) is 0 Å². The van der Waals surface area contributed by atoms with E-state index in [2.05, 4.69) is 0 Å². The standard InChI is InChI=1S/C9H17NO2/c1-11-9(6-10)5-8-7(9)3-2-4-12-8/h7-8H,2-6,10H2,1H3/t7-,8-,9?/m0/s1. The zero-order chi connectivity index (χ0) is 8.60. The Morgan fingerprint density at radius 1 is 1.67 bits per heavy atom. The molecule has 0 aromatic carbocycles. The summed E-state index contributed by atoms with van der Waals surface area (Å²) in [4.78, 5) is 0. The molecule has 1 aliphatic carbocycles. The summed E-state index contributed by atoms with van der Waals surface area (Å²) < 4.78 is 11.1. The van der Waals surface area contributed by atoms with Gasteiger partial charge in [0.05, 0.1) is 11.7 Å². The average Bonchev–Trinajstić information content (AvgIpc) is 2.09. The van der Waals surface area contributed by atoms with Crippen LogP contribution < -0.4 is 5.73 Å². The normalized spacial score (nSPS) is 46.5. The molecule has 1 saturated carbocycles. The lowest BCUT2D eigenvalue weighted by molar-refractivity contribution is -0.224. The lowest BCUT2D eigenvalue weighted by atomic mass is 9.64. The maximum atomic E-state index is 5.71. The molecule has 2 aliphatic rings. The van der Waals surface area contributed by atoms with Crippen molar-refractivity contribution in [1.82, 2.24) is 0 Å². The van der Waals surface area contributed by atoms with Crippen LogP contribution in [0.1, 0.15) is 19.3 Å². The van der Waals surface area contributed by atoms with Crippen molar-refractivity contribution in [1.29, 1.82) is 0 Å². The lowest BCUT2D eigenvalue weighted by Gasteiger charge is -2.55. The first kappa shape index (κ1) is 8.48. The molecule has 0 spiro atoms. The summed E-state index contributed by atoms with van der Waals surface area (Å²) in [5, 5.41) is 0. The molecule has 1 saturated heterocycles. The maximum Gasteiger partial charge on any atom is 0.0877 e. The Kier molecular flexibility index (Phi) is 2.10. The van der Waals surface area contributed by atoms with Gasteiger partial charge >= 0.3 is 0 Å². The van der Waals surface area contributed by atoms with Crippen LogP contribution in [0.15, 0.2) is 0 Å². The average molecular weight is 171 g/mol. The van der Waals surface area contributed by atoms with Crippen molar-refractivity contribution in [3.05, 3.63) is 0 Å². The molecule has 2 rings (SSSR count). The molecular formula is C9H17NO2. The topological polar surface area (TPSA) is 44.5 Å². The highest BCUT2D eigenvalue weighted by Gasteiger charge is 2.54. The zero-order valence-corrected chi connectivity index (χ0v) is 7.58. The molecule has 3 atom stereocenters. The first-order valence-corrected chi connectivity index (χ1v) is 4.69. The first-order chi connectivity index (χ1) is 5.82. The maximum absolute atomic E-state index is 5.71. The van der Waals surface area contributed by atoms with Crippen LogP contribution in [0.25, 0.3) is 0 Å². The number of fused-ring (bicyclic) bond motifs is 1. The van der Waals surface area contributed by atoms with Crippen LogP contribution in [0.4, 0.5) is 0 Å².